The number of aromatic nitrogens is 2. The number of carbonyl (C=O) groups excluding carboxylic acids is 2. The predicted octanol–water partition coefficient (Wildman–Crippen LogP) is 3.97. The van der Waals surface area contributed by atoms with Crippen LogP contribution in [0.3, 0.4) is 0 Å². The molecule has 9 nitrogen and oxygen atoms in total. The van der Waals surface area contributed by atoms with Gasteiger partial charge in [0.05, 0.1) is 23.8 Å². The van der Waals surface area contributed by atoms with E-state index in [1.54, 1.807) is 27.9 Å². The van der Waals surface area contributed by atoms with Crippen LogP contribution in [0.4, 0.5) is 4.79 Å². The number of aryl methyl sites for hydroxylation is 2. The zero-order chi connectivity index (χ0) is 25.8. The summed E-state index contributed by atoms with van der Waals surface area (Å²) >= 11 is 0. The van der Waals surface area contributed by atoms with E-state index in [0.29, 0.717) is 6.61 Å². The van der Waals surface area contributed by atoms with Crippen LogP contribution in [0.2, 0.25) is 0 Å². The minimum Gasteiger partial charge on any atom is -0.444 e. The number of rotatable bonds is 11. The fourth-order valence-electron chi connectivity index (χ4n) is 4.27. The number of nitrogens with zero attached hydrogens (tertiary/aromatic N) is 3. The number of benzene rings is 1. The average molecular weight is 489 g/mol. The maximum Gasteiger partial charge on any atom is 0.407 e. The van der Waals surface area contributed by atoms with E-state index in [1.165, 1.54) is 7.11 Å². The molecule has 1 saturated carbocycles. The first kappa shape index (κ1) is 26.9. The third-order valence-electron chi connectivity index (χ3n) is 6.16. The number of hydrogen-bond acceptors (Lipinski definition) is 6. The molecule has 1 N–H and O–H groups in total. The third kappa shape index (κ3) is 6.95. The summed E-state index contributed by atoms with van der Waals surface area (Å²) in [6, 6.07) is 6.31. The molecule has 0 saturated heterocycles. The zero-order valence-corrected chi connectivity index (χ0v) is 22.1. The Labute approximate surface area is 208 Å². The molecule has 9 heteroatoms. The Kier molecular flexibility index (Phi) is 8.77. The number of methoxy groups -OCH3 is 2. The SMILES string of the molecule is COCCCn1nc(C)c2ccc(C(C)N(C(=O)C(CNC(=O)OC(C)(C)C)OC)C3CC3)cc21. The normalized spacial score (nSPS) is 15.6. The maximum absolute atomic E-state index is 13.6. The summed E-state index contributed by atoms with van der Waals surface area (Å²) in [5.41, 5.74) is 2.47. The van der Waals surface area contributed by atoms with Crippen LogP contribution in [0.1, 0.15) is 64.3 Å². The van der Waals surface area contributed by atoms with Gasteiger partial charge in [0.2, 0.25) is 0 Å². The Hall–Kier alpha value is -2.65. The van der Waals surface area contributed by atoms with Gasteiger partial charge >= 0.3 is 6.09 Å². The predicted molar refractivity (Wildman–Crippen MR) is 134 cm³/mol. The molecule has 1 aliphatic carbocycles. The highest BCUT2D eigenvalue weighted by atomic mass is 16.6. The summed E-state index contributed by atoms with van der Waals surface area (Å²) < 4.78 is 18.0. The van der Waals surface area contributed by atoms with Crippen molar-refractivity contribution < 1.29 is 23.8 Å². The summed E-state index contributed by atoms with van der Waals surface area (Å²) in [7, 11) is 3.19. The molecule has 2 atom stereocenters. The number of amides is 2. The molecule has 0 aliphatic heterocycles. The van der Waals surface area contributed by atoms with Crippen LogP contribution in [0.15, 0.2) is 18.2 Å². The van der Waals surface area contributed by atoms with Gasteiger partial charge in [0.25, 0.3) is 5.91 Å². The van der Waals surface area contributed by atoms with Crippen molar-refractivity contribution in [3.63, 3.8) is 0 Å². The maximum atomic E-state index is 13.6. The van der Waals surface area contributed by atoms with Crippen molar-refractivity contribution in [2.75, 3.05) is 27.4 Å². The molecule has 3 rings (SSSR count). The van der Waals surface area contributed by atoms with E-state index in [-0.39, 0.29) is 24.5 Å². The largest absolute Gasteiger partial charge is 0.444 e. The fourth-order valence-corrected chi connectivity index (χ4v) is 4.27. The van der Waals surface area contributed by atoms with Crippen LogP contribution >= 0.6 is 0 Å². The first-order valence-corrected chi connectivity index (χ1v) is 12.3. The first-order chi connectivity index (χ1) is 16.6. The number of ether oxygens (including phenoxy) is 3. The lowest BCUT2D eigenvalue weighted by Crippen LogP contribution is -2.48. The van der Waals surface area contributed by atoms with Crippen molar-refractivity contribution in [3.05, 3.63) is 29.5 Å². The quantitative estimate of drug-likeness (QED) is 0.481. The molecular weight excluding hydrogens is 448 g/mol. The Balaban J connectivity index is 1.78. The van der Waals surface area contributed by atoms with E-state index in [9.17, 15) is 9.59 Å². The third-order valence-corrected chi connectivity index (χ3v) is 6.16. The van der Waals surface area contributed by atoms with Gasteiger partial charge in [0.1, 0.15) is 5.60 Å². The molecule has 1 fully saturated rings. The zero-order valence-electron chi connectivity index (χ0n) is 22.1. The van der Waals surface area contributed by atoms with Crippen molar-refractivity contribution in [3.8, 4) is 0 Å². The van der Waals surface area contributed by atoms with Crippen LogP contribution in [0.5, 0.6) is 0 Å². The van der Waals surface area contributed by atoms with Crippen LogP contribution in [0.25, 0.3) is 10.9 Å². The molecule has 2 aromatic rings. The molecule has 1 aromatic carbocycles. The summed E-state index contributed by atoms with van der Waals surface area (Å²) in [5.74, 6) is -0.136. The highest BCUT2D eigenvalue weighted by Crippen LogP contribution is 2.36. The molecule has 0 spiro atoms. The minimum atomic E-state index is -0.795. The summed E-state index contributed by atoms with van der Waals surface area (Å²) in [4.78, 5) is 27.6. The molecule has 2 unspecified atom stereocenters. The van der Waals surface area contributed by atoms with Gasteiger partial charge in [-0.15, -0.1) is 0 Å². The second kappa shape index (κ2) is 11.4. The van der Waals surface area contributed by atoms with Gasteiger partial charge in [0.15, 0.2) is 6.10 Å². The van der Waals surface area contributed by atoms with Gasteiger partial charge in [-0.25, -0.2) is 4.79 Å². The molecule has 2 amide bonds. The van der Waals surface area contributed by atoms with Crippen LogP contribution in [0, 0.1) is 6.92 Å². The van der Waals surface area contributed by atoms with E-state index in [1.807, 2.05) is 23.4 Å². The monoisotopic (exact) mass is 488 g/mol. The molecule has 0 bridgehead atoms. The number of alkyl carbamates (subject to hydrolysis) is 1. The van der Waals surface area contributed by atoms with Gasteiger partial charge in [-0.3, -0.25) is 9.48 Å². The summed E-state index contributed by atoms with van der Waals surface area (Å²) in [6.07, 6.45) is 1.43. The van der Waals surface area contributed by atoms with Gasteiger partial charge in [-0.2, -0.15) is 5.10 Å². The number of nitrogens with one attached hydrogen (secondary N) is 1. The molecule has 1 aliphatic rings. The van der Waals surface area contributed by atoms with E-state index in [4.69, 9.17) is 19.3 Å². The topological polar surface area (TPSA) is 94.9 Å². The Morgan fingerprint density at radius 1 is 1.26 bits per heavy atom. The second-order valence-electron chi connectivity index (χ2n) is 10.2. The Bertz CT molecular complexity index is 1020. The van der Waals surface area contributed by atoms with Gasteiger partial charge in [-0.05, 0) is 65.5 Å². The molecule has 1 aromatic heterocycles. The summed E-state index contributed by atoms with van der Waals surface area (Å²) in [6.45, 7) is 10.9. The van der Waals surface area contributed by atoms with Crippen LogP contribution in [-0.4, -0.2) is 71.8 Å². The number of carbonyl (C=O) groups is 2. The molecule has 35 heavy (non-hydrogen) atoms. The standard InChI is InChI=1S/C26H40N4O5/c1-17-21-12-9-19(15-22(21)29(28-17)13-8-14-33-6)18(2)30(20-10-11-20)24(31)23(34-7)16-27-25(32)35-26(3,4)5/h9,12,15,18,20,23H,8,10-11,13-14,16H2,1-7H3,(H,27,32). The van der Waals surface area contributed by atoms with E-state index >= 15 is 0 Å². The van der Waals surface area contributed by atoms with Crippen LogP contribution in [-0.2, 0) is 25.5 Å². The second-order valence-corrected chi connectivity index (χ2v) is 10.2. The number of fused-ring (bicyclic) bond motifs is 1. The van der Waals surface area contributed by atoms with Gasteiger partial charge in [-0.1, -0.05) is 12.1 Å². The smallest absolute Gasteiger partial charge is 0.407 e. The van der Waals surface area contributed by atoms with Gasteiger partial charge < -0.3 is 24.4 Å². The number of hydrogen-bond donors (Lipinski definition) is 1. The lowest BCUT2D eigenvalue weighted by atomic mass is 10.0. The van der Waals surface area contributed by atoms with Gasteiger partial charge in [0, 0.05) is 38.8 Å². The van der Waals surface area contributed by atoms with Crippen molar-refractivity contribution >= 4 is 22.9 Å². The molecule has 1 heterocycles. The lowest BCUT2D eigenvalue weighted by molar-refractivity contribution is -0.144. The Morgan fingerprint density at radius 2 is 1.97 bits per heavy atom. The summed E-state index contributed by atoms with van der Waals surface area (Å²) in [5, 5.41) is 8.48. The van der Waals surface area contributed by atoms with Crippen molar-refractivity contribution in [1.29, 1.82) is 0 Å². The molecular formula is C26H40N4O5. The van der Waals surface area contributed by atoms with E-state index in [0.717, 1.165) is 48.0 Å². The van der Waals surface area contributed by atoms with Crippen LogP contribution < -0.4 is 5.32 Å². The van der Waals surface area contributed by atoms with Crippen molar-refractivity contribution in [2.24, 2.45) is 0 Å². The Morgan fingerprint density at radius 3 is 2.57 bits per heavy atom. The van der Waals surface area contributed by atoms with E-state index in [2.05, 4.69) is 23.5 Å². The average Bonchev–Trinajstić information content (AvgIpc) is 3.57. The molecule has 194 valence electrons. The van der Waals surface area contributed by atoms with E-state index < -0.39 is 17.8 Å². The fraction of sp³-hybridized carbons (Fsp3) is 0.654. The van der Waals surface area contributed by atoms with Crippen molar-refractivity contribution in [2.45, 2.75) is 84.2 Å². The highest BCUT2D eigenvalue weighted by molar-refractivity contribution is 5.84. The lowest BCUT2D eigenvalue weighted by Gasteiger charge is -2.33. The minimum absolute atomic E-state index is 0.0463. The molecule has 0 radical (unpaired) electrons. The first-order valence-electron chi connectivity index (χ1n) is 12.3. The van der Waals surface area contributed by atoms with Crippen molar-refractivity contribution in [1.82, 2.24) is 20.0 Å². The highest BCUT2D eigenvalue weighted by Gasteiger charge is 2.39.